The first-order valence-corrected chi connectivity index (χ1v) is 5.21. The Morgan fingerprint density at radius 1 is 1.29 bits per heavy atom. The average molecular weight is 236 g/mol. The molecule has 0 atom stereocenters. The Balaban J connectivity index is 2.53. The van der Waals surface area contributed by atoms with Crippen LogP contribution in [0, 0.1) is 0 Å². The second-order valence-electron chi connectivity index (χ2n) is 3.57. The topological polar surface area (TPSA) is 95.6 Å². The molecule has 92 valence electrons. The highest BCUT2D eigenvalue weighted by atomic mass is 16.3. The van der Waals surface area contributed by atoms with Crippen molar-refractivity contribution in [1.82, 2.24) is 5.32 Å². The van der Waals surface area contributed by atoms with Gasteiger partial charge in [-0.1, -0.05) is 12.1 Å². The lowest BCUT2D eigenvalue weighted by Crippen LogP contribution is -2.39. The predicted octanol–water partition coefficient (Wildman–Crippen LogP) is -0.249. The van der Waals surface area contributed by atoms with E-state index in [9.17, 15) is 4.79 Å². The maximum absolute atomic E-state index is 11.4. The molecule has 5 N–H and O–H groups in total. The molecule has 0 aliphatic rings. The van der Waals surface area contributed by atoms with Crippen LogP contribution in [0.3, 0.4) is 0 Å². The molecule has 1 aromatic carbocycles. The van der Waals surface area contributed by atoms with Crippen LogP contribution in [0.4, 0.5) is 5.69 Å². The van der Waals surface area contributed by atoms with Gasteiger partial charge in [-0.15, -0.1) is 0 Å². The molecule has 0 saturated carbocycles. The van der Waals surface area contributed by atoms with Gasteiger partial charge in [0.05, 0.1) is 19.3 Å². The Kier molecular flexibility index (Phi) is 5.19. The van der Waals surface area contributed by atoms with E-state index in [1.54, 1.807) is 30.3 Å². The van der Waals surface area contributed by atoms with Gasteiger partial charge in [-0.2, -0.15) is 0 Å². The summed E-state index contributed by atoms with van der Waals surface area (Å²) in [7, 11) is 0. The summed E-state index contributed by atoms with van der Waals surface area (Å²) < 4.78 is 0. The van der Waals surface area contributed by atoms with Gasteiger partial charge in [-0.3, -0.25) is 4.79 Å². The predicted molar refractivity (Wildman–Crippen MR) is 66.0 cm³/mol. The van der Waals surface area contributed by atoms with Crippen LogP contribution in [0.1, 0.15) is 5.56 Å². The third kappa shape index (κ3) is 4.67. The van der Waals surface area contributed by atoms with Gasteiger partial charge in [0.2, 0.25) is 5.91 Å². The zero-order valence-corrected chi connectivity index (χ0v) is 9.34. The normalized spacial score (nSPS) is 11.0. The second-order valence-corrected chi connectivity index (χ2v) is 3.57. The van der Waals surface area contributed by atoms with Gasteiger partial charge in [0, 0.05) is 11.8 Å². The van der Waals surface area contributed by atoms with Crippen molar-refractivity contribution in [2.24, 2.45) is 0 Å². The molecule has 1 aromatic rings. The van der Waals surface area contributed by atoms with Crippen molar-refractivity contribution in [2.45, 2.75) is 6.04 Å². The lowest BCUT2D eigenvalue weighted by molar-refractivity contribution is -0.117. The van der Waals surface area contributed by atoms with E-state index in [4.69, 9.17) is 15.9 Å². The average Bonchev–Trinajstić information content (AvgIpc) is 2.35. The van der Waals surface area contributed by atoms with E-state index in [0.717, 1.165) is 5.56 Å². The number of benzene rings is 1. The SMILES string of the molecule is Nc1ccc(/C=C/C(=O)NC(CO)CO)cc1. The quantitative estimate of drug-likeness (QED) is 0.419. The lowest BCUT2D eigenvalue weighted by Gasteiger charge is -2.10. The van der Waals surface area contributed by atoms with E-state index >= 15 is 0 Å². The number of carbonyl (C=O) groups is 1. The minimum Gasteiger partial charge on any atom is -0.399 e. The summed E-state index contributed by atoms with van der Waals surface area (Å²) in [6.07, 6.45) is 2.96. The smallest absolute Gasteiger partial charge is 0.244 e. The van der Waals surface area contributed by atoms with Crippen molar-refractivity contribution in [3.8, 4) is 0 Å². The van der Waals surface area contributed by atoms with E-state index in [0.29, 0.717) is 5.69 Å². The Morgan fingerprint density at radius 2 is 1.88 bits per heavy atom. The van der Waals surface area contributed by atoms with Crippen LogP contribution in [0.25, 0.3) is 6.08 Å². The number of aliphatic hydroxyl groups is 2. The van der Waals surface area contributed by atoms with Crippen LogP contribution in [-0.4, -0.2) is 35.4 Å². The largest absolute Gasteiger partial charge is 0.399 e. The first-order chi connectivity index (χ1) is 8.15. The number of carbonyl (C=O) groups excluding carboxylic acids is 1. The van der Waals surface area contributed by atoms with Crippen molar-refractivity contribution < 1.29 is 15.0 Å². The van der Waals surface area contributed by atoms with Crippen molar-refractivity contribution in [1.29, 1.82) is 0 Å². The van der Waals surface area contributed by atoms with Crippen LogP contribution < -0.4 is 11.1 Å². The van der Waals surface area contributed by atoms with E-state index in [2.05, 4.69) is 5.32 Å². The fourth-order valence-corrected chi connectivity index (χ4v) is 1.18. The molecular weight excluding hydrogens is 220 g/mol. The van der Waals surface area contributed by atoms with Crippen LogP contribution >= 0.6 is 0 Å². The molecule has 0 fully saturated rings. The first-order valence-electron chi connectivity index (χ1n) is 5.21. The molecule has 0 heterocycles. The van der Waals surface area contributed by atoms with Gasteiger partial charge in [0.25, 0.3) is 0 Å². The van der Waals surface area contributed by atoms with E-state index in [1.165, 1.54) is 6.08 Å². The summed E-state index contributed by atoms with van der Waals surface area (Å²) in [5.74, 6) is -0.366. The number of nitrogens with one attached hydrogen (secondary N) is 1. The number of nitrogen functional groups attached to an aromatic ring is 1. The number of hydrogen-bond donors (Lipinski definition) is 4. The van der Waals surface area contributed by atoms with E-state index < -0.39 is 6.04 Å². The minimum atomic E-state index is -0.626. The Morgan fingerprint density at radius 3 is 2.41 bits per heavy atom. The van der Waals surface area contributed by atoms with Crippen LogP contribution in [-0.2, 0) is 4.79 Å². The van der Waals surface area contributed by atoms with E-state index in [-0.39, 0.29) is 19.1 Å². The summed E-state index contributed by atoms with van der Waals surface area (Å²) in [4.78, 5) is 11.4. The zero-order chi connectivity index (χ0) is 12.7. The molecule has 0 unspecified atom stereocenters. The molecule has 0 radical (unpaired) electrons. The summed E-state index contributed by atoms with van der Waals surface area (Å²) >= 11 is 0. The highest BCUT2D eigenvalue weighted by Gasteiger charge is 2.06. The summed E-state index contributed by atoms with van der Waals surface area (Å²) in [5.41, 5.74) is 7.03. The fraction of sp³-hybridized carbons (Fsp3) is 0.250. The third-order valence-corrected chi connectivity index (χ3v) is 2.15. The molecule has 0 saturated heterocycles. The summed E-state index contributed by atoms with van der Waals surface area (Å²) in [6, 6.07) is 6.42. The summed E-state index contributed by atoms with van der Waals surface area (Å²) in [5, 5.41) is 20.0. The molecule has 1 amide bonds. The Hall–Kier alpha value is -1.85. The number of amides is 1. The maximum atomic E-state index is 11.4. The van der Waals surface area contributed by atoms with Gasteiger partial charge in [-0.05, 0) is 23.8 Å². The summed E-state index contributed by atoms with van der Waals surface area (Å²) in [6.45, 7) is -0.587. The molecule has 5 heteroatoms. The third-order valence-electron chi connectivity index (χ3n) is 2.15. The molecule has 17 heavy (non-hydrogen) atoms. The van der Waals surface area contributed by atoms with Gasteiger partial charge < -0.3 is 21.3 Å². The van der Waals surface area contributed by atoms with Crippen LogP contribution in [0.5, 0.6) is 0 Å². The molecular formula is C12H16N2O3. The monoisotopic (exact) mass is 236 g/mol. The molecule has 0 aromatic heterocycles. The number of nitrogens with two attached hydrogens (primary N) is 1. The number of rotatable bonds is 5. The number of anilines is 1. The van der Waals surface area contributed by atoms with E-state index in [1.807, 2.05) is 0 Å². The molecule has 0 bridgehead atoms. The molecule has 0 aliphatic carbocycles. The van der Waals surface area contributed by atoms with Crippen molar-refractivity contribution in [2.75, 3.05) is 18.9 Å². The highest BCUT2D eigenvalue weighted by molar-refractivity contribution is 5.91. The van der Waals surface area contributed by atoms with Crippen molar-refractivity contribution in [3.63, 3.8) is 0 Å². The number of hydrogen-bond acceptors (Lipinski definition) is 4. The molecule has 0 spiro atoms. The Labute approximate surface area is 99.6 Å². The van der Waals surface area contributed by atoms with Crippen LogP contribution in [0.2, 0.25) is 0 Å². The molecule has 5 nitrogen and oxygen atoms in total. The molecule has 1 rings (SSSR count). The van der Waals surface area contributed by atoms with Gasteiger partial charge in [0.1, 0.15) is 0 Å². The molecule has 0 aliphatic heterocycles. The fourth-order valence-electron chi connectivity index (χ4n) is 1.18. The Bertz CT molecular complexity index is 383. The van der Waals surface area contributed by atoms with Gasteiger partial charge >= 0.3 is 0 Å². The highest BCUT2D eigenvalue weighted by Crippen LogP contribution is 2.06. The lowest BCUT2D eigenvalue weighted by atomic mass is 10.2. The maximum Gasteiger partial charge on any atom is 0.244 e. The number of aliphatic hydroxyl groups excluding tert-OH is 2. The first kappa shape index (κ1) is 13.2. The zero-order valence-electron chi connectivity index (χ0n) is 9.34. The second kappa shape index (κ2) is 6.67. The standard InChI is InChI=1S/C12H16N2O3/c13-10-4-1-9(2-5-10)3-6-12(17)14-11(7-15)8-16/h1-6,11,15-16H,7-8,13H2,(H,14,17)/b6-3+. The van der Waals surface area contributed by atoms with Crippen molar-refractivity contribution in [3.05, 3.63) is 35.9 Å². The minimum absolute atomic E-state index is 0.294. The van der Waals surface area contributed by atoms with Crippen LogP contribution in [0.15, 0.2) is 30.3 Å². The van der Waals surface area contributed by atoms with Crippen molar-refractivity contribution >= 4 is 17.7 Å². The van der Waals surface area contributed by atoms with Gasteiger partial charge in [-0.25, -0.2) is 0 Å². The van der Waals surface area contributed by atoms with Gasteiger partial charge in [0.15, 0.2) is 0 Å².